The van der Waals surface area contributed by atoms with Crippen molar-refractivity contribution in [2.75, 3.05) is 13.2 Å². The van der Waals surface area contributed by atoms with Gasteiger partial charge in [0, 0.05) is 6.04 Å². The van der Waals surface area contributed by atoms with Crippen LogP contribution in [0.15, 0.2) is 0 Å². The monoisotopic (exact) mass is 200 g/mol. The Morgan fingerprint density at radius 3 is 2.93 bits per heavy atom. The molecule has 2 unspecified atom stereocenters. The summed E-state index contributed by atoms with van der Waals surface area (Å²) in [4.78, 5) is 10.9. The molecule has 0 saturated carbocycles. The summed E-state index contributed by atoms with van der Waals surface area (Å²) in [5.41, 5.74) is 5.18. The first-order valence-corrected chi connectivity index (χ1v) is 5.38. The van der Waals surface area contributed by atoms with Gasteiger partial charge in [-0.25, -0.2) is 0 Å². The fourth-order valence-electron chi connectivity index (χ4n) is 1.70. The highest BCUT2D eigenvalue weighted by molar-refractivity contribution is 5.78. The Labute approximate surface area is 85.2 Å². The predicted octanol–water partition coefficient (Wildman–Crippen LogP) is 0.409. The molecule has 1 fully saturated rings. The first-order chi connectivity index (χ1) is 6.74. The van der Waals surface area contributed by atoms with E-state index in [0.29, 0.717) is 19.1 Å². The molecule has 1 saturated heterocycles. The van der Waals surface area contributed by atoms with Crippen LogP contribution in [0.1, 0.15) is 32.6 Å². The lowest BCUT2D eigenvalue weighted by molar-refractivity contribution is -0.130. The second-order valence-electron chi connectivity index (χ2n) is 3.78. The van der Waals surface area contributed by atoms with E-state index in [1.807, 2.05) is 6.92 Å². The number of hydrogen-bond acceptors (Lipinski definition) is 3. The van der Waals surface area contributed by atoms with Gasteiger partial charge < -0.3 is 15.8 Å². The van der Waals surface area contributed by atoms with Gasteiger partial charge in [-0.3, -0.25) is 4.79 Å². The standard InChI is InChI=1S/C10H20N2O2/c1-2-9(10(11)13)14-7-8-5-3-4-6-12-8/h8-9,12H,2-7H2,1H3,(H2,11,13). The van der Waals surface area contributed by atoms with Gasteiger partial charge in [-0.2, -0.15) is 0 Å². The number of hydrogen-bond donors (Lipinski definition) is 2. The van der Waals surface area contributed by atoms with Gasteiger partial charge in [-0.05, 0) is 25.8 Å². The van der Waals surface area contributed by atoms with Gasteiger partial charge >= 0.3 is 0 Å². The van der Waals surface area contributed by atoms with Crippen molar-refractivity contribution in [1.82, 2.24) is 5.32 Å². The van der Waals surface area contributed by atoms with Crippen LogP contribution in [0.4, 0.5) is 0 Å². The minimum atomic E-state index is -0.418. The maximum absolute atomic E-state index is 10.9. The number of ether oxygens (including phenoxy) is 1. The van der Waals surface area contributed by atoms with Crippen LogP contribution in [-0.2, 0) is 9.53 Å². The van der Waals surface area contributed by atoms with Crippen LogP contribution in [0.3, 0.4) is 0 Å². The number of carbonyl (C=O) groups is 1. The van der Waals surface area contributed by atoms with E-state index in [9.17, 15) is 4.79 Å². The summed E-state index contributed by atoms with van der Waals surface area (Å²) in [7, 11) is 0. The molecule has 1 aliphatic rings. The van der Waals surface area contributed by atoms with Crippen LogP contribution < -0.4 is 11.1 Å². The van der Waals surface area contributed by atoms with Crippen molar-refractivity contribution in [2.45, 2.75) is 44.8 Å². The maximum Gasteiger partial charge on any atom is 0.246 e. The Kier molecular flexibility index (Phi) is 4.90. The highest BCUT2D eigenvalue weighted by Crippen LogP contribution is 2.08. The largest absolute Gasteiger partial charge is 0.367 e. The number of rotatable bonds is 5. The molecule has 0 aromatic heterocycles. The van der Waals surface area contributed by atoms with Crippen molar-refractivity contribution in [2.24, 2.45) is 5.73 Å². The van der Waals surface area contributed by atoms with Crippen LogP contribution in [0.5, 0.6) is 0 Å². The third-order valence-electron chi connectivity index (χ3n) is 2.60. The highest BCUT2D eigenvalue weighted by Gasteiger charge is 2.17. The van der Waals surface area contributed by atoms with Crippen LogP contribution in [-0.4, -0.2) is 31.2 Å². The van der Waals surface area contributed by atoms with Crippen LogP contribution in [0.2, 0.25) is 0 Å². The molecule has 0 spiro atoms. The molecule has 4 heteroatoms. The lowest BCUT2D eigenvalue weighted by Crippen LogP contribution is -2.40. The van der Waals surface area contributed by atoms with E-state index in [0.717, 1.165) is 13.0 Å². The van der Waals surface area contributed by atoms with Crippen molar-refractivity contribution >= 4 is 5.91 Å². The molecular weight excluding hydrogens is 180 g/mol. The van der Waals surface area contributed by atoms with E-state index < -0.39 is 6.10 Å². The van der Waals surface area contributed by atoms with Crippen LogP contribution in [0, 0.1) is 0 Å². The van der Waals surface area contributed by atoms with Gasteiger partial charge in [-0.1, -0.05) is 13.3 Å². The molecule has 82 valence electrons. The van der Waals surface area contributed by atoms with Gasteiger partial charge in [-0.15, -0.1) is 0 Å². The zero-order valence-electron chi connectivity index (χ0n) is 8.79. The van der Waals surface area contributed by atoms with E-state index in [2.05, 4.69) is 5.32 Å². The average molecular weight is 200 g/mol. The molecule has 4 nitrogen and oxygen atoms in total. The molecule has 0 aromatic rings. The molecule has 3 N–H and O–H groups in total. The minimum absolute atomic E-state index is 0.358. The third kappa shape index (κ3) is 3.64. The summed E-state index contributed by atoms with van der Waals surface area (Å²) in [6, 6.07) is 0.400. The average Bonchev–Trinajstić information content (AvgIpc) is 2.20. The molecule has 1 heterocycles. The Morgan fingerprint density at radius 2 is 2.43 bits per heavy atom. The van der Waals surface area contributed by atoms with E-state index in [-0.39, 0.29) is 5.91 Å². The van der Waals surface area contributed by atoms with Gasteiger partial charge in [0.1, 0.15) is 6.10 Å². The van der Waals surface area contributed by atoms with Crippen molar-refractivity contribution < 1.29 is 9.53 Å². The lowest BCUT2D eigenvalue weighted by atomic mass is 10.1. The Hall–Kier alpha value is -0.610. The Balaban J connectivity index is 2.20. The van der Waals surface area contributed by atoms with Crippen LogP contribution >= 0.6 is 0 Å². The number of nitrogens with two attached hydrogens (primary N) is 1. The lowest BCUT2D eigenvalue weighted by Gasteiger charge is -2.24. The predicted molar refractivity (Wildman–Crippen MR) is 54.9 cm³/mol. The fourth-order valence-corrected chi connectivity index (χ4v) is 1.70. The smallest absolute Gasteiger partial charge is 0.246 e. The molecule has 0 aliphatic carbocycles. The summed E-state index contributed by atoms with van der Waals surface area (Å²) in [6.07, 6.45) is 3.86. The first-order valence-electron chi connectivity index (χ1n) is 5.38. The molecule has 0 bridgehead atoms. The molecular formula is C10H20N2O2. The number of nitrogens with one attached hydrogen (secondary N) is 1. The fraction of sp³-hybridized carbons (Fsp3) is 0.900. The molecule has 1 aliphatic heterocycles. The maximum atomic E-state index is 10.9. The molecule has 0 radical (unpaired) electrons. The molecule has 2 atom stereocenters. The van der Waals surface area contributed by atoms with Crippen molar-refractivity contribution in [3.63, 3.8) is 0 Å². The summed E-state index contributed by atoms with van der Waals surface area (Å²) in [6.45, 7) is 3.56. The van der Waals surface area contributed by atoms with E-state index in [1.54, 1.807) is 0 Å². The second-order valence-corrected chi connectivity index (χ2v) is 3.78. The van der Waals surface area contributed by atoms with Crippen molar-refractivity contribution in [3.05, 3.63) is 0 Å². The number of amides is 1. The van der Waals surface area contributed by atoms with E-state index >= 15 is 0 Å². The first kappa shape index (κ1) is 11.5. The highest BCUT2D eigenvalue weighted by atomic mass is 16.5. The zero-order chi connectivity index (χ0) is 10.4. The summed E-state index contributed by atoms with van der Waals surface area (Å²) in [5, 5.41) is 3.36. The SMILES string of the molecule is CCC(OCC1CCCCN1)C(N)=O. The number of carbonyl (C=O) groups excluding carboxylic acids is 1. The summed E-state index contributed by atoms with van der Waals surface area (Å²) >= 11 is 0. The van der Waals surface area contributed by atoms with Crippen molar-refractivity contribution in [1.29, 1.82) is 0 Å². The number of primary amides is 1. The normalized spacial score (nSPS) is 24.5. The van der Waals surface area contributed by atoms with Crippen LogP contribution in [0.25, 0.3) is 0 Å². The zero-order valence-corrected chi connectivity index (χ0v) is 8.79. The van der Waals surface area contributed by atoms with Gasteiger partial charge in [0.25, 0.3) is 0 Å². The minimum Gasteiger partial charge on any atom is -0.367 e. The summed E-state index contributed by atoms with van der Waals surface area (Å²) in [5.74, 6) is -0.358. The Bertz CT molecular complexity index is 179. The molecule has 1 rings (SSSR count). The van der Waals surface area contributed by atoms with Gasteiger partial charge in [0.05, 0.1) is 6.61 Å². The number of piperidine rings is 1. The van der Waals surface area contributed by atoms with Crippen molar-refractivity contribution in [3.8, 4) is 0 Å². The molecule has 1 amide bonds. The molecule has 0 aromatic carbocycles. The topological polar surface area (TPSA) is 64.3 Å². The van der Waals surface area contributed by atoms with E-state index in [1.165, 1.54) is 12.8 Å². The summed E-state index contributed by atoms with van der Waals surface area (Å²) < 4.78 is 5.46. The third-order valence-corrected chi connectivity index (χ3v) is 2.60. The quantitative estimate of drug-likeness (QED) is 0.675. The van der Waals surface area contributed by atoms with Gasteiger partial charge in [0.2, 0.25) is 5.91 Å². The Morgan fingerprint density at radius 1 is 1.64 bits per heavy atom. The molecule has 14 heavy (non-hydrogen) atoms. The van der Waals surface area contributed by atoms with E-state index in [4.69, 9.17) is 10.5 Å². The second kappa shape index (κ2) is 5.98. The van der Waals surface area contributed by atoms with Gasteiger partial charge in [0.15, 0.2) is 0 Å².